The molecule has 1 unspecified atom stereocenters. The first kappa shape index (κ1) is 21.7. The molecule has 1 amide bonds. The van der Waals surface area contributed by atoms with Crippen LogP contribution < -0.4 is 10.6 Å². The Labute approximate surface area is 165 Å². The molecule has 138 valence electrons. The SMILES string of the molecule is CN(C)c1cccc(C2CCCN2C(=O)c2csc(CN)n2)c1.Cl.Cl. The zero-order valence-corrected chi connectivity index (χ0v) is 16.8. The van der Waals surface area contributed by atoms with Gasteiger partial charge in [-0.05, 0) is 30.5 Å². The van der Waals surface area contributed by atoms with Gasteiger partial charge in [-0.1, -0.05) is 12.1 Å². The third-order valence-electron chi connectivity index (χ3n) is 4.23. The summed E-state index contributed by atoms with van der Waals surface area (Å²) in [5, 5.41) is 2.62. The number of carbonyl (C=O) groups is 1. The molecule has 0 bridgehead atoms. The van der Waals surface area contributed by atoms with E-state index in [0.717, 1.165) is 30.1 Å². The van der Waals surface area contributed by atoms with Gasteiger partial charge < -0.3 is 15.5 Å². The second kappa shape index (κ2) is 9.38. The highest BCUT2D eigenvalue weighted by atomic mass is 35.5. The fraction of sp³-hybridized carbons (Fsp3) is 0.412. The Kier molecular flexibility index (Phi) is 8.15. The lowest BCUT2D eigenvalue weighted by Crippen LogP contribution is -2.31. The largest absolute Gasteiger partial charge is 0.378 e. The Morgan fingerprint density at radius 1 is 1.40 bits per heavy atom. The fourth-order valence-electron chi connectivity index (χ4n) is 3.02. The highest BCUT2D eigenvalue weighted by Gasteiger charge is 2.31. The van der Waals surface area contributed by atoms with Crippen LogP contribution in [0.1, 0.15) is 39.9 Å². The van der Waals surface area contributed by atoms with Crippen LogP contribution in [-0.2, 0) is 6.54 Å². The Morgan fingerprint density at radius 3 is 2.80 bits per heavy atom. The Bertz CT molecular complexity index is 707. The summed E-state index contributed by atoms with van der Waals surface area (Å²) in [4.78, 5) is 21.2. The molecule has 1 aliphatic rings. The minimum atomic E-state index is 0. The van der Waals surface area contributed by atoms with Crippen molar-refractivity contribution in [3.63, 3.8) is 0 Å². The summed E-state index contributed by atoms with van der Waals surface area (Å²) >= 11 is 1.45. The lowest BCUT2D eigenvalue weighted by Gasteiger charge is -2.25. The normalized spacial score (nSPS) is 16.1. The van der Waals surface area contributed by atoms with Gasteiger partial charge in [-0.3, -0.25) is 4.79 Å². The van der Waals surface area contributed by atoms with E-state index in [-0.39, 0.29) is 36.8 Å². The molecule has 0 radical (unpaired) electrons. The topological polar surface area (TPSA) is 62.5 Å². The zero-order valence-electron chi connectivity index (χ0n) is 14.3. The van der Waals surface area contributed by atoms with E-state index in [1.165, 1.54) is 16.9 Å². The number of carbonyl (C=O) groups excluding carboxylic acids is 1. The Morgan fingerprint density at radius 2 is 2.16 bits per heavy atom. The maximum absolute atomic E-state index is 12.8. The van der Waals surface area contributed by atoms with Crippen molar-refractivity contribution in [1.82, 2.24) is 9.88 Å². The van der Waals surface area contributed by atoms with Crippen LogP contribution >= 0.6 is 36.2 Å². The van der Waals surface area contributed by atoms with Crippen LogP contribution in [0.3, 0.4) is 0 Å². The van der Waals surface area contributed by atoms with Crippen molar-refractivity contribution in [3.05, 3.63) is 45.9 Å². The number of anilines is 1. The number of hydrogen-bond donors (Lipinski definition) is 1. The number of thiazole rings is 1. The molecule has 1 aliphatic heterocycles. The van der Waals surface area contributed by atoms with Gasteiger partial charge >= 0.3 is 0 Å². The molecular weight excluding hydrogens is 379 g/mol. The van der Waals surface area contributed by atoms with Gasteiger partial charge in [0.15, 0.2) is 0 Å². The van der Waals surface area contributed by atoms with Gasteiger partial charge in [0.2, 0.25) is 0 Å². The molecule has 2 N–H and O–H groups in total. The van der Waals surface area contributed by atoms with Crippen molar-refractivity contribution < 1.29 is 4.79 Å². The van der Waals surface area contributed by atoms with Crippen LogP contribution in [0.2, 0.25) is 0 Å². The van der Waals surface area contributed by atoms with Gasteiger partial charge in [0.05, 0.1) is 6.04 Å². The van der Waals surface area contributed by atoms with E-state index in [0.29, 0.717) is 12.2 Å². The fourth-order valence-corrected chi connectivity index (χ4v) is 3.67. The molecule has 1 atom stereocenters. The van der Waals surface area contributed by atoms with Crippen LogP contribution in [0, 0.1) is 0 Å². The van der Waals surface area contributed by atoms with Crippen molar-refractivity contribution >= 4 is 47.7 Å². The van der Waals surface area contributed by atoms with E-state index >= 15 is 0 Å². The molecule has 1 aromatic heterocycles. The monoisotopic (exact) mass is 402 g/mol. The predicted octanol–water partition coefficient (Wildman–Crippen LogP) is 3.49. The third kappa shape index (κ3) is 4.64. The molecule has 1 saturated heterocycles. The van der Waals surface area contributed by atoms with Gasteiger partial charge in [-0.25, -0.2) is 4.98 Å². The first-order chi connectivity index (χ1) is 11.1. The van der Waals surface area contributed by atoms with Gasteiger partial charge in [-0.2, -0.15) is 0 Å². The molecule has 1 fully saturated rings. The van der Waals surface area contributed by atoms with Crippen molar-refractivity contribution in [2.75, 3.05) is 25.5 Å². The lowest BCUT2D eigenvalue weighted by molar-refractivity contribution is 0.0730. The predicted molar refractivity (Wildman–Crippen MR) is 108 cm³/mol. The van der Waals surface area contributed by atoms with E-state index in [9.17, 15) is 4.79 Å². The molecule has 3 rings (SSSR count). The molecule has 0 saturated carbocycles. The Hall–Kier alpha value is -1.34. The number of likely N-dealkylation sites (tertiary alicyclic amines) is 1. The van der Waals surface area contributed by atoms with Gasteiger partial charge in [0.1, 0.15) is 10.7 Å². The van der Waals surface area contributed by atoms with Crippen LogP contribution in [0.5, 0.6) is 0 Å². The van der Waals surface area contributed by atoms with Gasteiger partial charge in [0, 0.05) is 38.3 Å². The quantitative estimate of drug-likeness (QED) is 0.849. The van der Waals surface area contributed by atoms with Crippen molar-refractivity contribution in [1.29, 1.82) is 0 Å². The standard InChI is InChI=1S/C17H22N4OS.2ClH/c1-20(2)13-6-3-5-12(9-13)15-7-4-8-21(15)17(22)14-11-23-16(10-18)19-14;;/h3,5-6,9,11,15H,4,7-8,10,18H2,1-2H3;2*1H. The van der Waals surface area contributed by atoms with Crippen molar-refractivity contribution in [2.45, 2.75) is 25.4 Å². The Balaban J connectivity index is 0.00000156. The average molecular weight is 403 g/mol. The summed E-state index contributed by atoms with van der Waals surface area (Å²) in [6.45, 7) is 1.16. The van der Waals surface area contributed by atoms with Crippen LogP contribution in [0.25, 0.3) is 0 Å². The van der Waals surface area contributed by atoms with Crippen molar-refractivity contribution in [2.24, 2.45) is 5.73 Å². The molecule has 2 aromatic rings. The molecule has 0 aliphatic carbocycles. The van der Waals surface area contributed by atoms with E-state index in [4.69, 9.17) is 5.73 Å². The van der Waals surface area contributed by atoms with E-state index < -0.39 is 0 Å². The number of nitrogens with two attached hydrogens (primary N) is 1. The number of amides is 1. The smallest absolute Gasteiger partial charge is 0.273 e. The maximum atomic E-state index is 12.8. The van der Waals surface area contributed by atoms with E-state index in [2.05, 4.69) is 34.1 Å². The van der Waals surface area contributed by atoms with Crippen LogP contribution in [0.15, 0.2) is 29.6 Å². The summed E-state index contributed by atoms with van der Waals surface area (Å²) in [7, 11) is 4.06. The second-order valence-electron chi connectivity index (χ2n) is 5.98. The average Bonchev–Trinajstić information content (AvgIpc) is 3.23. The van der Waals surface area contributed by atoms with E-state index in [1.54, 1.807) is 0 Å². The molecule has 0 spiro atoms. The number of benzene rings is 1. The highest BCUT2D eigenvalue weighted by Crippen LogP contribution is 2.34. The summed E-state index contributed by atoms with van der Waals surface area (Å²) in [5.74, 6) is 0.0127. The molecule has 2 heterocycles. The number of hydrogen-bond acceptors (Lipinski definition) is 5. The number of rotatable bonds is 4. The highest BCUT2D eigenvalue weighted by molar-refractivity contribution is 7.09. The zero-order chi connectivity index (χ0) is 16.4. The van der Waals surface area contributed by atoms with Gasteiger partial charge in [-0.15, -0.1) is 36.2 Å². The molecule has 5 nitrogen and oxygen atoms in total. The second-order valence-corrected chi connectivity index (χ2v) is 6.92. The first-order valence-electron chi connectivity index (χ1n) is 7.83. The van der Waals surface area contributed by atoms with Crippen LogP contribution in [-0.4, -0.2) is 36.4 Å². The molecule has 25 heavy (non-hydrogen) atoms. The summed E-state index contributed by atoms with van der Waals surface area (Å²) in [6, 6.07) is 8.54. The van der Waals surface area contributed by atoms with Crippen molar-refractivity contribution in [3.8, 4) is 0 Å². The minimum Gasteiger partial charge on any atom is -0.378 e. The maximum Gasteiger partial charge on any atom is 0.273 e. The molecular formula is C17H24Cl2N4OS. The molecule has 8 heteroatoms. The summed E-state index contributed by atoms with van der Waals surface area (Å²) in [6.07, 6.45) is 2.02. The van der Waals surface area contributed by atoms with Crippen LogP contribution in [0.4, 0.5) is 5.69 Å². The van der Waals surface area contributed by atoms with Gasteiger partial charge in [0.25, 0.3) is 5.91 Å². The lowest BCUT2D eigenvalue weighted by atomic mass is 10.0. The minimum absolute atomic E-state index is 0. The molecule has 1 aromatic carbocycles. The number of nitrogens with zero attached hydrogens (tertiary/aromatic N) is 3. The first-order valence-corrected chi connectivity index (χ1v) is 8.71. The number of aromatic nitrogens is 1. The third-order valence-corrected chi connectivity index (χ3v) is 5.10. The number of halogens is 2. The van der Waals surface area contributed by atoms with E-state index in [1.807, 2.05) is 24.4 Å². The summed E-state index contributed by atoms with van der Waals surface area (Å²) < 4.78 is 0. The summed E-state index contributed by atoms with van der Waals surface area (Å²) in [5.41, 5.74) is 8.46.